The third kappa shape index (κ3) is 2.91. The molecule has 25 heavy (non-hydrogen) atoms. The van der Waals surface area contributed by atoms with Gasteiger partial charge in [-0.3, -0.25) is 4.79 Å². The van der Waals surface area contributed by atoms with Gasteiger partial charge in [0.25, 0.3) is 0 Å². The number of para-hydroxylation sites is 2. The highest BCUT2D eigenvalue weighted by molar-refractivity contribution is 5.88. The lowest BCUT2D eigenvalue weighted by molar-refractivity contribution is -0.137. The molecule has 0 aliphatic carbocycles. The minimum absolute atomic E-state index is 0.159. The summed E-state index contributed by atoms with van der Waals surface area (Å²) in [6.45, 7) is 0. The first-order valence-electron chi connectivity index (χ1n) is 8.58. The lowest BCUT2D eigenvalue weighted by Gasteiger charge is -2.16. The van der Waals surface area contributed by atoms with Crippen LogP contribution < -0.4 is 0 Å². The van der Waals surface area contributed by atoms with E-state index >= 15 is 0 Å². The zero-order valence-electron chi connectivity index (χ0n) is 13.8. The third-order valence-corrected chi connectivity index (χ3v) is 4.88. The van der Waals surface area contributed by atoms with Crippen molar-refractivity contribution in [2.45, 2.75) is 25.2 Å². The average Bonchev–Trinajstić information content (AvgIpc) is 3.23. The van der Waals surface area contributed by atoms with Crippen LogP contribution in [0.1, 0.15) is 36.3 Å². The fraction of sp³-hybridized carbons (Fsp3) is 0.190. The standard InChI is InChI=1S/C21H20N2O2/c24-21(25)11-5-8-14(17-12-22-19-9-3-1-6-15(17)19)18-13-23-20-10-4-2-7-16(18)20/h1-4,6-7,9-10,12-14,22-23H,5,8,11H2,(H,24,25). The molecular formula is C21H20N2O2. The van der Waals surface area contributed by atoms with Gasteiger partial charge >= 0.3 is 5.97 Å². The Bertz CT molecular complexity index is 954. The van der Waals surface area contributed by atoms with Crippen molar-refractivity contribution >= 4 is 27.8 Å². The Hall–Kier alpha value is -3.01. The SMILES string of the molecule is O=C(O)CCCC(c1c[nH]c2ccccc12)c1c[nH]c2ccccc12. The van der Waals surface area contributed by atoms with Crippen molar-refractivity contribution in [2.75, 3.05) is 0 Å². The van der Waals surface area contributed by atoms with E-state index in [1.165, 1.54) is 21.9 Å². The number of benzene rings is 2. The largest absolute Gasteiger partial charge is 0.481 e. The van der Waals surface area contributed by atoms with Crippen molar-refractivity contribution in [3.05, 3.63) is 72.1 Å². The molecule has 4 nitrogen and oxygen atoms in total. The van der Waals surface area contributed by atoms with Crippen LogP contribution in [0.5, 0.6) is 0 Å². The molecule has 0 aliphatic heterocycles. The molecule has 2 aromatic heterocycles. The number of aromatic amines is 2. The highest BCUT2D eigenvalue weighted by atomic mass is 16.4. The average molecular weight is 332 g/mol. The number of fused-ring (bicyclic) bond motifs is 2. The molecule has 0 fully saturated rings. The lowest BCUT2D eigenvalue weighted by atomic mass is 9.86. The van der Waals surface area contributed by atoms with E-state index in [4.69, 9.17) is 5.11 Å². The highest BCUT2D eigenvalue weighted by Gasteiger charge is 2.21. The summed E-state index contributed by atoms with van der Waals surface area (Å²) in [5.74, 6) is -0.580. The van der Waals surface area contributed by atoms with Crippen molar-refractivity contribution in [1.29, 1.82) is 0 Å². The maximum Gasteiger partial charge on any atom is 0.303 e. The number of hydrogen-bond donors (Lipinski definition) is 3. The first-order valence-corrected chi connectivity index (χ1v) is 8.58. The van der Waals surface area contributed by atoms with Crippen molar-refractivity contribution in [3.8, 4) is 0 Å². The van der Waals surface area contributed by atoms with E-state index in [0.29, 0.717) is 6.42 Å². The van der Waals surface area contributed by atoms with Gasteiger partial charge in [0.15, 0.2) is 0 Å². The molecule has 0 bridgehead atoms. The molecule has 2 heterocycles. The van der Waals surface area contributed by atoms with Gasteiger partial charge in [0.05, 0.1) is 0 Å². The Kier molecular flexibility index (Phi) is 4.02. The molecule has 0 saturated heterocycles. The molecular weight excluding hydrogens is 312 g/mol. The zero-order valence-corrected chi connectivity index (χ0v) is 13.8. The lowest BCUT2D eigenvalue weighted by Crippen LogP contribution is -2.02. The van der Waals surface area contributed by atoms with Crippen LogP contribution in [0.25, 0.3) is 21.8 Å². The molecule has 0 amide bonds. The van der Waals surface area contributed by atoms with Crippen molar-refractivity contribution < 1.29 is 9.90 Å². The summed E-state index contributed by atoms with van der Waals surface area (Å²) in [5.41, 5.74) is 4.68. The maximum atomic E-state index is 11.0. The zero-order chi connectivity index (χ0) is 17.2. The van der Waals surface area contributed by atoms with Crippen LogP contribution in [0.2, 0.25) is 0 Å². The minimum atomic E-state index is -0.739. The van der Waals surface area contributed by atoms with Crippen LogP contribution in [0.3, 0.4) is 0 Å². The number of rotatable bonds is 6. The number of aromatic nitrogens is 2. The first kappa shape index (κ1) is 15.5. The minimum Gasteiger partial charge on any atom is -0.481 e. The molecule has 4 rings (SSSR count). The van der Waals surface area contributed by atoms with Gasteiger partial charge in [-0.15, -0.1) is 0 Å². The molecule has 2 aromatic carbocycles. The normalized spacial score (nSPS) is 11.6. The molecule has 126 valence electrons. The molecule has 0 radical (unpaired) electrons. The molecule has 4 heteroatoms. The monoisotopic (exact) mass is 332 g/mol. The number of carboxylic acid groups (broad SMARTS) is 1. The van der Waals surface area contributed by atoms with Gasteiger partial charge in [-0.2, -0.15) is 0 Å². The van der Waals surface area contributed by atoms with E-state index in [0.717, 1.165) is 17.5 Å². The van der Waals surface area contributed by atoms with Gasteiger partial charge in [0.2, 0.25) is 0 Å². The van der Waals surface area contributed by atoms with Gasteiger partial charge in [-0.25, -0.2) is 0 Å². The van der Waals surface area contributed by atoms with E-state index in [9.17, 15) is 4.79 Å². The predicted molar refractivity (Wildman–Crippen MR) is 99.9 cm³/mol. The molecule has 0 aliphatic rings. The van der Waals surface area contributed by atoms with Crippen LogP contribution in [-0.2, 0) is 4.79 Å². The number of carboxylic acids is 1. The summed E-state index contributed by atoms with van der Waals surface area (Å²) >= 11 is 0. The summed E-state index contributed by atoms with van der Waals surface area (Å²) < 4.78 is 0. The molecule has 0 saturated carbocycles. The van der Waals surface area contributed by atoms with Gasteiger partial charge in [0.1, 0.15) is 0 Å². The Labute approximate surface area is 145 Å². The number of aliphatic carboxylic acids is 1. The molecule has 0 unspecified atom stereocenters. The van der Waals surface area contributed by atoms with Gasteiger partial charge < -0.3 is 15.1 Å². The Morgan fingerprint density at radius 1 is 0.880 bits per heavy atom. The van der Waals surface area contributed by atoms with Gasteiger partial charge in [-0.1, -0.05) is 36.4 Å². The van der Waals surface area contributed by atoms with Crippen molar-refractivity contribution in [3.63, 3.8) is 0 Å². The second kappa shape index (κ2) is 6.48. The third-order valence-electron chi connectivity index (χ3n) is 4.88. The second-order valence-electron chi connectivity index (χ2n) is 6.42. The van der Waals surface area contributed by atoms with Crippen LogP contribution in [0.15, 0.2) is 60.9 Å². The van der Waals surface area contributed by atoms with E-state index in [2.05, 4.69) is 46.6 Å². The fourth-order valence-electron chi connectivity index (χ4n) is 3.70. The van der Waals surface area contributed by atoms with E-state index in [1.54, 1.807) is 0 Å². The van der Waals surface area contributed by atoms with E-state index < -0.39 is 5.97 Å². The van der Waals surface area contributed by atoms with Crippen LogP contribution in [-0.4, -0.2) is 21.0 Å². The van der Waals surface area contributed by atoms with Gasteiger partial charge in [0, 0.05) is 46.5 Å². The summed E-state index contributed by atoms with van der Waals surface area (Å²) in [6, 6.07) is 16.5. The first-order chi connectivity index (χ1) is 12.2. The molecule has 0 spiro atoms. The van der Waals surface area contributed by atoms with E-state index in [1.807, 2.05) is 24.3 Å². The van der Waals surface area contributed by atoms with E-state index in [-0.39, 0.29) is 12.3 Å². The molecule has 3 N–H and O–H groups in total. The second-order valence-corrected chi connectivity index (χ2v) is 6.42. The Morgan fingerprint density at radius 3 is 1.92 bits per heavy atom. The molecule has 0 atom stereocenters. The topological polar surface area (TPSA) is 68.9 Å². The highest BCUT2D eigenvalue weighted by Crippen LogP contribution is 2.37. The smallest absolute Gasteiger partial charge is 0.303 e. The summed E-state index contributed by atoms with van der Waals surface area (Å²) in [4.78, 5) is 17.7. The van der Waals surface area contributed by atoms with Crippen LogP contribution in [0.4, 0.5) is 0 Å². The molecule has 4 aromatic rings. The van der Waals surface area contributed by atoms with Crippen LogP contribution >= 0.6 is 0 Å². The summed E-state index contributed by atoms with van der Waals surface area (Å²) in [5, 5.41) is 11.4. The van der Waals surface area contributed by atoms with Gasteiger partial charge in [-0.05, 0) is 36.1 Å². The predicted octanol–water partition coefficient (Wildman–Crippen LogP) is 5.04. The quantitative estimate of drug-likeness (QED) is 0.463. The fourth-order valence-corrected chi connectivity index (χ4v) is 3.70. The van der Waals surface area contributed by atoms with Crippen LogP contribution in [0, 0.1) is 0 Å². The summed E-state index contributed by atoms with van der Waals surface area (Å²) in [7, 11) is 0. The number of carbonyl (C=O) groups is 1. The number of hydrogen-bond acceptors (Lipinski definition) is 1. The summed E-state index contributed by atoms with van der Waals surface area (Å²) in [6.07, 6.45) is 5.78. The van der Waals surface area contributed by atoms with Crippen molar-refractivity contribution in [2.24, 2.45) is 0 Å². The van der Waals surface area contributed by atoms with Crippen molar-refractivity contribution in [1.82, 2.24) is 9.97 Å². The number of nitrogens with one attached hydrogen (secondary N) is 2. The Balaban J connectivity index is 1.80. The Morgan fingerprint density at radius 2 is 1.40 bits per heavy atom. The maximum absolute atomic E-state index is 11.0. The number of H-pyrrole nitrogens is 2.